The van der Waals surface area contributed by atoms with Crippen molar-refractivity contribution in [2.45, 2.75) is 52.6 Å². The van der Waals surface area contributed by atoms with Gasteiger partial charge in [0.1, 0.15) is 12.6 Å². The van der Waals surface area contributed by atoms with E-state index >= 15 is 0 Å². The van der Waals surface area contributed by atoms with Crippen molar-refractivity contribution < 1.29 is 18.0 Å². The van der Waals surface area contributed by atoms with Gasteiger partial charge in [-0.1, -0.05) is 62.2 Å². The molecule has 0 aliphatic heterocycles. The van der Waals surface area contributed by atoms with Crippen LogP contribution in [0.2, 0.25) is 10.0 Å². The van der Waals surface area contributed by atoms with E-state index in [4.69, 9.17) is 23.2 Å². The Morgan fingerprint density at radius 1 is 1.00 bits per heavy atom. The molecule has 1 N–H and O–H groups in total. The van der Waals surface area contributed by atoms with Crippen LogP contribution in [0.15, 0.2) is 42.5 Å². The van der Waals surface area contributed by atoms with E-state index in [-0.39, 0.29) is 12.5 Å². The Morgan fingerprint density at radius 2 is 1.60 bits per heavy atom. The van der Waals surface area contributed by atoms with E-state index in [1.807, 2.05) is 26.0 Å². The molecular formula is C25H33Cl2N3O4S. The molecule has 0 saturated heterocycles. The maximum absolute atomic E-state index is 13.7. The first-order chi connectivity index (χ1) is 16.5. The molecule has 0 aliphatic carbocycles. The summed E-state index contributed by atoms with van der Waals surface area (Å²) in [5.41, 5.74) is 1.91. The van der Waals surface area contributed by atoms with E-state index in [2.05, 4.69) is 5.32 Å². The summed E-state index contributed by atoms with van der Waals surface area (Å²) in [6, 6.07) is 11.2. The minimum Gasteiger partial charge on any atom is -0.354 e. The lowest BCUT2D eigenvalue weighted by molar-refractivity contribution is -0.140. The Balaban J connectivity index is 2.47. The summed E-state index contributed by atoms with van der Waals surface area (Å²) in [5.74, 6) is -0.853. The van der Waals surface area contributed by atoms with E-state index < -0.39 is 28.5 Å². The number of benzene rings is 2. The molecule has 0 aliphatic rings. The van der Waals surface area contributed by atoms with Gasteiger partial charge < -0.3 is 10.2 Å². The number of rotatable bonds is 12. The van der Waals surface area contributed by atoms with Gasteiger partial charge in [0.05, 0.1) is 11.9 Å². The van der Waals surface area contributed by atoms with Crippen molar-refractivity contribution in [1.82, 2.24) is 10.2 Å². The van der Waals surface area contributed by atoms with Crippen LogP contribution < -0.4 is 9.62 Å². The van der Waals surface area contributed by atoms with Crippen LogP contribution in [0.25, 0.3) is 0 Å². The number of anilines is 1. The lowest BCUT2D eigenvalue weighted by atomic mass is 10.1. The van der Waals surface area contributed by atoms with Crippen LogP contribution in [0.4, 0.5) is 5.69 Å². The van der Waals surface area contributed by atoms with Crippen LogP contribution in [0.1, 0.15) is 44.7 Å². The van der Waals surface area contributed by atoms with Gasteiger partial charge in [0, 0.05) is 28.7 Å². The van der Waals surface area contributed by atoms with Crippen molar-refractivity contribution in [3.8, 4) is 0 Å². The van der Waals surface area contributed by atoms with E-state index in [1.54, 1.807) is 37.3 Å². The highest BCUT2D eigenvalue weighted by molar-refractivity contribution is 7.92. The number of amides is 2. The summed E-state index contributed by atoms with van der Waals surface area (Å²) in [7, 11) is -3.79. The van der Waals surface area contributed by atoms with Crippen LogP contribution in [-0.4, -0.2) is 50.5 Å². The fourth-order valence-electron chi connectivity index (χ4n) is 3.65. The molecule has 192 valence electrons. The highest BCUT2D eigenvalue weighted by Crippen LogP contribution is 2.27. The normalized spacial score (nSPS) is 12.2. The number of aryl methyl sites for hydroxylation is 1. The maximum atomic E-state index is 13.7. The quantitative estimate of drug-likeness (QED) is 0.423. The largest absolute Gasteiger partial charge is 0.354 e. The fraction of sp³-hybridized carbons (Fsp3) is 0.440. The predicted molar refractivity (Wildman–Crippen MR) is 142 cm³/mol. The van der Waals surface area contributed by atoms with E-state index in [1.165, 1.54) is 4.90 Å². The van der Waals surface area contributed by atoms with E-state index in [0.29, 0.717) is 34.3 Å². The van der Waals surface area contributed by atoms with Gasteiger partial charge in [0.25, 0.3) is 0 Å². The molecule has 0 fully saturated rings. The average Bonchev–Trinajstić information content (AvgIpc) is 2.82. The first kappa shape index (κ1) is 28.9. The molecule has 2 amide bonds. The molecule has 2 rings (SSSR count). The molecule has 0 heterocycles. The number of sulfonamides is 1. The van der Waals surface area contributed by atoms with Crippen molar-refractivity contribution >= 4 is 50.7 Å². The molecule has 2 aromatic rings. The molecule has 35 heavy (non-hydrogen) atoms. The number of hydrogen-bond acceptors (Lipinski definition) is 4. The standard InChI is InChI=1S/C25H33Cl2N3O4S/c1-5-15-28-25(32)23(7-3)29(16-20-21(26)9-8-10-22(20)27)24(31)17-30(35(4,33)34)19-13-11-18(6-2)12-14-19/h8-14,23H,5-7,15-17H2,1-4H3,(H,28,32). The minimum absolute atomic E-state index is 0.0399. The van der Waals surface area contributed by atoms with Crippen LogP contribution in [0.5, 0.6) is 0 Å². The summed E-state index contributed by atoms with van der Waals surface area (Å²) in [6.07, 6.45) is 2.92. The summed E-state index contributed by atoms with van der Waals surface area (Å²) in [4.78, 5) is 28.0. The zero-order chi connectivity index (χ0) is 26.2. The monoisotopic (exact) mass is 541 g/mol. The maximum Gasteiger partial charge on any atom is 0.244 e. The van der Waals surface area contributed by atoms with Crippen LogP contribution in [0.3, 0.4) is 0 Å². The van der Waals surface area contributed by atoms with Crippen LogP contribution in [0, 0.1) is 0 Å². The Hall–Kier alpha value is -2.29. The van der Waals surface area contributed by atoms with Gasteiger partial charge in [-0.25, -0.2) is 8.42 Å². The van der Waals surface area contributed by atoms with Crippen molar-refractivity contribution in [1.29, 1.82) is 0 Å². The van der Waals surface area contributed by atoms with Crippen LogP contribution in [-0.2, 0) is 32.6 Å². The lowest BCUT2D eigenvalue weighted by Crippen LogP contribution is -2.52. The van der Waals surface area contributed by atoms with Crippen molar-refractivity contribution in [3.63, 3.8) is 0 Å². The number of carbonyl (C=O) groups is 2. The Morgan fingerprint density at radius 3 is 2.09 bits per heavy atom. The molecular weight excluding hydrogens is 509 g/mol. The number of hydrogen-bond donors (Lipinski definition) is 1. The van der Waals surface area contributed by atoms with Crippen molar-refractivity contribution in [2.24, 2.45) is 0 Å². The first-order valence-electron chi connectivity index (χ1n) is 11.6. The summed E-state index contributed by atoms with van der Waals surface area (Å²) in [6.45, 7) is 5.68. The fourth-order valence-corrected chi connectivity index (χ4v) is 5.02. The van der Waals surface area contributed by atoms with Crippen molar-refractivity contribution in [2.75, 3.05) is 23.7 Å². The number of nitrogens with zero attached hydrogens (tertiary/aromatic N) is 2. The molecule has 0 saturated carbocycles. The molecule has 0 bridgehead atoms. The van der Waals surface area contributed by atoms with Crippen LogP contribution >= 0.6 is 23.2 Å². The van der Waals surface area contributed by atoms with Gasteiger partial charge in [-0.05, 0) is 49.1 Å². The summed E-state index contributed by atoms with van der Waals surface area (Å²) >= 11 is 12.7. The zero-order valence-electron chi connectivity index (χ0n) is 20.6. The van der Waals surface area contributed by atoms with Gasteiger partial charge in [-0.2, -0.15) is 0 Å². The molecule has 2 aromatic carbocycles. The molecule has 0 radical (unpaired) electrons. The van der Waals surface area contributed by atoms with E-state index in [9.17, 15) is 18.0 Å². The number of nitrogens with one attached hydrogen (secondary N) is 1. The topological polar surface area (TPSA) is 86.8 Å². The molecule has 0 spiro atoms. The lowest BCUT2D eigenvalue weighted by Gasteiger charge is -2.33. The highest BCUT2D eigenvalue weighted by Gasteiger charge is 2.32. The zero-order valence-corrected chi connectivity index (χ0v) is 22.9. The predicted octanol–water partition coefficient (Wildman–Crippen LogP) is 4.66. The second-order valence-electron chi connectivity index (χ2n) is 8.23. The minimum atomic E-state index is -3.79. The smallest absolute Gasteiger partial charge is 0.244 e. The van der Waals surface area contributed by atoms with Gasteiger partial charge in [0.15, 0.2) is 0 Å². The third-order valence-corrected chi connectivity index (χ3v) is 7.49. The second-order valence-corrected chi connectivity index (χ2v) is 10.9. The molecule has 1 unspecified atom stereocenters. The number of carbonyl (C=O) groups excluding carboxylic acids is 2. The van der Waals surface area contributed by atoms with Crippen molar-refractivity contribution in [3.05, 3.63) is 63.6 Å². The SMILES string of the molecule is CCCNC(=O)C(CC)N(Cc1c(Cl)cccc1Cl)C(=O)CN(c1ccc(CC)cc1)S(C)(=O)=O. The summed E-state index contributed by atoms with van der Waals surface area (Å²) < 4.78 is 26.4. The molecule has 7 nitrogen and oxygen atoms in total. The Bertz CT molecular complexity index is 1100. The number of halogens is 2. The first-order valence-corrected chi connectivity index (χ1v) is 14.2. The van der Waals surface area contributed by atoms with Gasteiger partial charge in [-0.15, -0.1) is 0 Å². The Labute approximate surface area is 218 Å². The molecule has 0 aromatic heterocycles. The van der Waals surface area contributed by atoms with E-state index in [0.717, 1.165) is 29.0 Å². The second kappa shape index (κ2) is 13.1. The highest BCUT2D eigenvalue weighted by atomic mass is 35.5. The molecule has 10 heteroatoms. The Kier molecular flexibility index (Phi) is 10.9. The van der Waals surface area contributed by atoms with Gasteiger partial charge >= 0.3 is 0 Å². The molecule has 1 atom stereocenters. The average molecular weight is 543 g/mol. The third kappa shape index (κ3) is 7.85. The van der Waals surface area contributed by atoms with Gasteiger partial charge in [-0.3, -0.25) is 13.9 Å². The van der Waals surface area contributed by atoms with Gasteiger partial charge in [0.2, 0.25) is 21.8 Å². The third-order valence-electron chi connectivity index (χ3n) is 5.64. The summed E-state index contributed by atoms with van der Waals surface area (Å²) in [5, 5.41) is 3.54.